The van der Waals surface area contributed by atoms with Crippen LogP contribution in [0.2, 0.25) is 0 Å². The van der Waals surface area contributed by atoms with Crippen LogP contribution in [0.3, 0.4) is 0 Å². The molecule has 1 heterocycles. The molecule has 0 unspecified atom stereocenters. The average molecular weight is 407 g/mol. The molecule has 27 heavy (non-hydrogen) atoms. The van der Waals surface area contributed by atoms with E-state index in [0.29, 0.717) is 0 Å². The molecular weight excluding hydrogens is 387 g/mol. The maximum absolute atomic E-state index is 10.7. The van der Waals surface area contributed by atoms with E-state index in [1.54, 1.807) is 0 Å². The van der Waals surface area contributed by atoms with Gasteiger partial charge in [0.1, 0.15) is 7.05 Å². The summed E-state index contributed by atoms with van der Waals surface area (Å²) in [5.41, 5.74) is 5.47. The summed E-state index contributed by atoms with van der Waals surface area (Å²) in [5, 5.41) is 2.67. The quantitative estimate of drug-likeness (QED) is 0.239. The first-order valence-electron chi connectivity index (χ1n) is 8.09. The third-order valence-corrected chi connectivity index (χ3v) is 4.05. The maximum atomic E-state index is 9.87. The molecule has 0 saturated carbocycles. The molecule has 0 bridgehead atoms. The standard InChI is InChI=1S/C19H20N.F6P/c1-14-7-6-8-16(11-14)12-19-15(2)20(3)13-17-9-4-5-10-18(17)19;1-7(2,3,4,5)6/h4-11,13H,12H2,1-3H3;/q+1;-1. The molecule has 0 N–H and O–H groups in total. The molecule has 0 amide bonds. The molecule has 2 aromatic carbocycles. The molecular formula is C19H20F6NP. The van der Waals surface area contributed by atoms with Crippen LogP contribution < -0.4 is 4.57 Å². The third kappa shape index (κ3) is 7.55. The Hall–Kier alpha value is -2.14. The number of aryl methyl sites for hydroxylation is 2. The van der Waals surface area contributed by atoms with Crippen molar-refractivity contribution < 1.29 is 29.7 Å². The Morgan fingerprint density at radius 2 is 1.44 bits per heavy atom. The molecule has 0 aliphatic carbocycles. The number of nitrogens with zero attached hydrogens (tertiary/aromatic N) is 1. The zero-order valence-corrected chi connectivity index (χ0v) is 16.0. The molecule has 1 nitrogen and oxygen atoms in total. The van der Waals surface area contributed by atoms with Crippen LogP contribution in [0.15, 0.2) is 54.7 Å². The average Bonchev–Trinajstić information content (AvgIpc) is 2.49. The van der Waals surface area contributed by atoms with E-state index >= 15 is 0 Å². The number of halogens is 6. The predicted octanol–water partition coefficient (Wildman–Crippen LogP) is 7.25. The fraction of sp³-hybridized carbons (Fsp3) is 0.211. The zero-order valence-electron chi connectivity index (χ0n) is 15.1. The van der Waals surface area contributed by atoms with Crippen LogP contribution in [0.4, 0.5) is 25.2 Å². The number of hydrogen-bond donors (Lipinski definition) is 0. The van der Waals surface area contributed by atoms with Gasteiger partial charge >= 0.3 is 33.0 Å². The Balaban J connectivity index is 0.000000321. The van der Waals surface area contributed by atoms with E-state index in [2.05, 4.69) is 80.2 Å². The topological polar surface area (TPSA) is 3.88 Å². The Morgan fingerprint density at radius 3 is 2.04 bits per heavy atom. The van der Waals surface area contributed by atoms with Gasteiger partial charge in [-0.15, -0.1) is 0 Å². The molecule has 0 spiro atoms. The van der Waals surface area contributed by atoms with Gasteiger partial charge in [-0.3, -0.25) is 0 Å². The SMILES string of the molecule is Cc1cccc(Cc2c(C)[n+](C)cc3ccccc23)c1.F[P-](F)(F)(F)(F)F. The fourth-order valence-corrected chi connectivity index (χ4v) is 2.85. The zero-order chi connectivity index (χ0) is 20.5. The number of aromatic nitrogens is 1. The van der Waals surface area contributed by atoms with Crippen molar-refractivity contribution in [2.45, 2.75) is 20.3 Å². The van der Waals surface area contributed by atoms with Crippen LogP contribution in [0.5, 0.6) is 0 Å². The second-order valence-corrected chi connectivity index (χ2v) is 8.43. The van der Waals surface area contributed by atoms with Crippen LogP contribution >= 0.6 is 7.81 Å². The van der Waals surface area contributed by atoms with Gasteiger partial charge in [0, 0.05) is 24.3 Å². The van der Waals surface area contributed by atoms with E-state index in [4.69, 9.17) is 0 Å². The number of benzene rings is 2. The molecule has 0 atom stereocenters. The molecule has 148 valence electrons. The van der Waals surface area contributed by atoms with Gasteiger partial charge in [0.2, 0.25) is 0 Å². The van der Waals surface area contributed by atoms with E-state index in [9.17, 15) is 25.2 Å². The van der Waals surface area contributed by atoms with Crippen molar-refractivity contribution in [1.82, 2.24) is 0 Å². The summed E-state index contributed by atoms with van der Waals surface area (Å²) in [6.45, 7) is 4.36. The Labute approximate surface area is 153 Å². The second-order valence-electron chi connectivity index (χ2n) is 6.52. The predicted molar refractivity (Wildman–Crippen MR) is 97.4 cm³/mol. The van der Waals surface area contributed by atoms with Crippen molar-refractivity contribution in [3.63, 3.8) is 0 Å². The summed E-state index contributed by atoms with van der Waals surface area (Å²) in [4.78, 5) is 0. The first-order chi connectivity index (χ1) is 12.1. The van der Waals surface area contributed by atoms with Crippen LogP contribution in [0.25, 0.3) is 10.8 Å². The van der Waals surface area contributed by atoms with Crippen molar-refractivity contribution in [3.8, 4) is 0 Å². The van der Waals surface area contributed by atoms with Gasteiger partial charge in [-0.1, -0.05) is 48.0 Å². The summed E-state index contributed by atoms with van der Waals surface area (Å²) in [6, 6.07) is 17.4. The number of pyridine rings is 1. The molecule has 0 radical (unpaired) electrons. The summed E-state index contributed by atoms with van der Waals surface area (Å²) >= 11 is 0. The summed E-state index contributed by atoms with van der Waals surface area (Å²) in [6.07, 6.45) is 3.20. The van der Waals surface area contributed by atoms with Crippen molar-refractivity contribution >= 4 is 18.6 Å². The minimum absolute atomic E-state index is 0.989. The van der Waals surface area contributed by atoms with Crippen molar-refractivity contribution in [2.24, 2.45) is 7.05 Å². The van der Waals surface area contributed by atoms with Gasteiger partial charge in [-0.2, -0.15) is 0 Å². The van der Waals surface area contributed by atoms with E-state index in [-0.39, 0.29) is 0 Å². The van der Waals surface area contributed by atoms with Gasteiger partial charge in [-0.25, -0.2) is 4.57 Å². The number of rotatable bonds is 2. The van der Waals surface area contributed by atoms with E-state index < -0.39 is 7.81 Å². The van der Waals surface area contributed by atoms with Crippen LogP contribution in [-0.4, -0.2) is 0 Å². The van der Waals surface area contributed by atoms with E-state index in [0.717, 1.165) is 6.42 Å². The number of hydrogen-bond acceptors (Lipinski definition) is 0. The monoisotopic (exact) mass is 407 g/mol. The van der Waals surface area contributed by atoms with Gasteiger partial charge < -0.3 is 0 Å². The van der Waals surface area contributed by atoms with E-state index in [1.165, 1.54) is 33.2 Å². The van der Waals surface area contributed by atoms with Gasteiger partial charge in [0.15, 0.2) is 11.9 Å². The molecule has 0 saturated heterocycles. The molecule has 8 heteroatoms. The minimum atomic E-state index is -10.7. The van der Waals surface area contributed by atoms with Crippen LogP contribution in [0.1, 0.15) is 22.4 Å². The van der Waals surface area contributed by atoms with Crippen molar-refractivity contribution in [1.29, 1.82) is 0 Å². The van der Waals surface area contributed by atoms with Crippen LogP contribution in [-0.2, 0) is 13.5 Å². The van der Waals surface area contributed by atoms with Gasteiger partial charge in [0.05, 0.1) is 0 Å². The molecule has 3 aromatic rings. The Bertz CT molecular complexity index is 970. The summed E-state index contributed by atoms with van der Waals surface area (Å²) in [7, 11) is -8.53. The summed E-state index contributed by atoms with van der Waals surface area (Å²) < 4.78 is 61.4. The molecule has 1 aromatic heterocycles. The fourth-order valence-electron chi connectivity index (χ4n) is 2.85. The van der Waals surface area contributed by atoms with Crippen LogP contribution in [0, 0.1) is 13.8 Å². The molecule has 3 rings (SSSR count). The van der Waals surface area contributed by atoms with Crippen molar-refractivity contribution in [2.75, 3.05) is 0 Å². The second kappa shape index (κ2) is 6.48. The van der Waals surface area contributed by atoms with Crippen molar-refractivity contribution in [3.05, 3.63) is 77.1 Å². The first kappa shape index (κ1) is 21.2. The van der Waals surface area contributed by atoms with Gasteiger partial charge in [0.25, 0.3) is 0 Å². The van der Waals surface area contributed by atoms with Gasteiger partial charge in [-0.05, 0) is 23.9 Å². The normalized spacial score (nSPS) is 14.1. The summed E-state index contributed by atoms with van der Waals surface area (Å²) in [5.74, 6) is 0. The van der Waals surface area contributed by atoms with E-state index in [1.807, 2.05) is 0 Å². The first-order valence-corrected chi connectivity index (χ1v) is 10.1. The Morgan fingerprint density at radius 1 is 0.852 bits per heavy atom. The molecule has 0 aliphatic heterocycles. The number of fused-ring (bicyclic) bond motifs is 1. The third-order valence-electron chi connectivity index (χ3n) is 4.05. The molecule has 0 fully saturated rings. The molecule has 0 aliphatic rings. The Kier molecular flexibility index (Phi) is 5.08.